The monoisotopic (exact) mass is 226 g/mol. The Hall–Kier alpha value is -1.02. The third kappa shape index (κ3) is 3.24. The molecule has 15 heavy (non-hydrogen) atoms. The van der Waals surface area contributed by atoms with Crippen molar-refractivity contribution in [1.29, 1.82) is 0 Å². The van der Waals surface area contributed by atoms with Gasteiger partial charge in [0.1, 0.15) is 0 Å². The molecule has 3 heteroatoms. The number of carbonyl (C=O) groups excluding carboxylic acids is 1. The second kappa shape index (κ2) is 5.17. The predicted octanol–water partition coefficient (Wildman–Crippen LogP) is 3.44. The first-order valence-corrected chi connectivity index (χ1v) is 5.40. The van der Waals surface area contributed by atoms with Gasteiger partial charge in [0.05, 0.1) is 5.56 Å². The van der Waals surface area contributed by atoms with Crippen LogP contribution >= 0.6 is 11.6 Å². The molecule has 1 atom stereocenters. The average Bonchev–Trinajstić information content (AvgIpc) is 2.17. The van der Waals surface area contributed by atoms with Crippen molar-refractivity contribution in [3.8, 4) is 0 Å². The molecule has 0 aromatic heterocycles. The molecule has 0 saturated heterocycles. The van der Waals surface area contributed by atoms with Crippen LogP contribution in [-0.2, 0) is 4.74 Å². The molecule has 0 aliphatic heterocycles. The number of hydrogen-bond acceptors (Lipinski definition) is 2. The molecule has 1 rings (SSSR count). The maximum absolute atomic E-state index is 11.6. The minimum Gasteiger partial charge on any atom is -0.442 e. The number of benzene rings is 1. The highest BCUT2D eigenvalue weighted by Gasteiger charge is 2.13. The zero-order valence-electron chi connectivity index (χ0n) is 9.21. The average molecular weight is 227 g/mol. The van der Waals surface area contributed by atoms with Crippen LogP contribution in [0, 0.1) is 13.8 Å². The minimum atomic E-state index is -0.543. The number of halogens is 1. The highest BCUT2D eigenvalue weighted by atomic mass is 35.5. The standard InChI is InChI=1S/C12H15ClO2/c1-4-11(13)15-12(14)10-6-5-8(2)7-9(10)3/h5-7,11H,4H2,1-3H3. The second-order valence-corrected chi connectivity index (χ2v) is 4.03. The van der Waals surface area contributed by atoms with Crippen LogP contribution in [-0.4, -0.2) is 11.5 Å². The van der Waals surface area contributed by atoms with E-state index in [1.165, 1.54) is 0 Å². The summed E-state index contributed by atoms with van der Waals surface area (Å²) in [5, 5.41) is 0. The third-order valence-corrected chi connectivity index (χ3v) is 2.56. The van der Waals surface area contributed by atoms with Gasteiger partial charge in [0.15, 0.2) is 5.56 Å². The Morgan fingerprint density at radius 1 is 1.47 bits per heavy atom. The Kier molecular flexibility index (Phi) is 4.15. The number of hydrogen-bond donors (Lipinski definition) is 0. The molecule has 1 aromatic carbocycles. The van der Waals surface area contributed by atoms with Crippen LogP contribution in [0.25, 0.3) is 0 Å². The molecule has 0 heterocycles. The van der Waals surface area contributed by atoms with Crippen molar-refractivity contribution in [2.75, 3.05) is 0 Å². The van der Waals surface area contributed by atoms with E-state index >= 15 is 0 Å². The van der Waals surface area contributed by atoms with Crippen LogP contribution in [0.5, 0.6) is 0 Å². The van der Waals surface area contributed by atoms with Gasteiger partial charge in [-0.1, -0.05) is 36.2 Å². The van der Waals surface area contributed by atoms with Crippen LogP contribution in [0.4, 0.5) is 0 Å². The molecule has 0 aliphatic rings. The quantitative estimate of drug-likeness (QED) is 0.583. The molecule has 2 nitrogen and oxygen atoms in total. The molecule has 0 saturated carbocycles. The van der Waals surface area contributed by atoms with Gasteiger partial charge in [-0.25, -0.2) is 4.79 Å². The van der Waals surface area contributed by atoms with E-state index in [2.05, 4.69) is 0 Å². The van der Waals surface area contributed by atoms with Gasteiger partial charge >= 0.3 is 5.97 Å². The highest BCUT2D eigenvalue weighted by Crippen LogP contribution is 2.14. The van der Waals surface area contributed by atoms with E-state index in [-0.39, 0.29) is 5.97 Å². The Bertz CT molecular complexity index is 361. The number of rotatable bonds is 3. The number of carbonyl (C=O) groups is 1. The maximum Gasteiger partial charge on any atom is 0.339 e. The highest BCUT2D eigenvalue weighted by molar-refractivity contribution is 6.20. The summed E-state index contributed by atoms with van der Waals surface area (Å²) in [6.07, 6.45) is 0.609. The molecule has 1 aromatic rings. The molecule has 0 radical (unpaired) electrons. The van der Waals surface area contributed by atoms with Gasteiger partial charge in [0.2, 0.25) is 0 Å². The largest absolute Gasteiger partial charge is 0.442 e. The first kappa shape index (κ1) is 12.1. The van der Waals surface area contributed by atoms with Crippen molar-refractivity contribution < 1.29 is 9.53 Å². The first-order chi connectivity index (χ1) is 7.04. The normalized spacial score (nSPS) is 12.3. The zero-order chi connectivity index (χ0) is 11.4. The zero-order valence-corrected chi connectivity index (χ0v) is 9.97. The van der Waals surface area contributed by atoms with Crippen LogP contribution in [0.1, 0.15) is 34.8 Å². The van der Waals surface area contributed by atoms with Crippen LogP contribution in [0.3, 0.4) is 0 Å². The number of aryl methyl sites for hydroxylation is 2. The molecular formula is C12H15ClO2. The summed E-state index contributed by atoms with van der Waals surface area (Å²) in [5.41, 5.74) is 2.08. The van der Waals surface area contributed by atoms with Gasteiger partial charge in [0, 0.05) is 0 Å². The molecule has 0 aliphatic carbocycles. The van der Waals surface area contributed by atoms with E-state index in [1.54, 1.807) is 6.07 Å². The summed E-state index contributed by atoms with van der Waals surface area (Å²) < 4.78 is 5.03. The Morgan fingerprint density at radius 3 is 2.67 bits per heavy atom. The third-order valence-electron chi connectivity index (χ3n) is 2.16. The van der Waals surface area contributed by atoms with Gasteiger partial charge in [-0.2, -0.15) is 0 Å². The molecule has 0 fully saturated rings. The van der Waals surface area contributed by atoms with E-state index in [1.807, 2.05) is 32.9 Å². The topological polar surface area (TPSA) is 26.3 Å². The second-order valence-electron chi connectivity index (χ2n) is 3.54. The summed E-state index contributed by atoms with van der Waals surface area (Å²) in [4.78, 5) is 11.6. The fourth-order valence-corrected chi connectivity index (χ4v) is 1.39. The van der Waals surface area contributed by atoms with E-state index in [4.69, 9.17) is 16.3 Å². The fourth-order valence-electron chi connectivity index (χ4n) is 1.31. The summed E-state index contributed by atoms with van der Waals surface area (Å²) in [6.45, 7) is 5.74. The summed E-state index contributed by atoms with van der Waals surface area (Å²) in [5.74, 6) is -0.352. The van der Waals surface area contributed by atoms with Crippen molar-refractivity contribution in [3.05, 3.63) is 34.9 Å². The van der Waals surface area contributed by atoms with E-state index in [9.17, 15) is 4.79 Å². The lowest BCUT2D eigenvalue weighted by Gasteiger charge is -2.10. The van der Waals surface area contributed by atoms with Crippen LogP contribution < -0.4 is 0 Å². The fraction of sp³-hybridized carbons (Fsp3) is 0.417. The predicted molar refractivity (Wildman–Crippen MR) is 61.3 cm³/mol. The van der Waals surface area contributed by atoms with Crippen molar-refractivity contribution in [2.45, 2.75) is 32.8 Å². The van der Waals surface area contributed by atoms with Crippen LogP contribution in [0.15, 0.2) is 18.2 Å². The van der Waals surface area contributed by atoms with Gasteiger partial charge in [-0.05, 0) is 31.9 Å². The van der Waals surface area contributed by atoms with Gasteiger partial charge < -0.3 is 4.74 Å². The first-order valence-electron chi connectivity index (χ1n) is 4.97. The van der Waals surface area contributed by atoms with Gasteiger partial charge in [0.25, 0.3) is 0 Å². The molecular weight excluding hydrogens is 212 g/mol. The summed E-state index contributed by atoms with van der Waals surface area (Å²) in [6, 6.07) is 5.61. The van der Waals surface area contributed by atoms with Gasteiger partial charge in [-0.3, -0.25) is 0 Å². The number of ether oxygens (including phenoxy) is 1. The Morgan fingerprint density at radius 2 is 2.13 bits per heavy atom. The molecule has 0 bridgehead atoms. The SMILES string of the molecule is CCC(Cl)OC(=O)c1ccc(C)cc1C. The Labute approximate surface area is 95.2 Å². The van der Waals surface area contributed by atoms with E-state index in [0.717, 1.165) is 11.1 Å². The number of esters is 1. The molecule has 0 N–H and O–H groups in total. The van der Waals surface area contributed by atoms with E-state index < -0.39 is 5.56 Å². The van der Waals surface area contributed by atoms with E-state index in [0.29, 0.717) is 12.0 Å². The van der Waals surface area contributed by atoms with Gasteiger partial charge in [-0.15, -0.1) is 0 Å². The van der Waals surface area contributed by atoms with Crippen LogP contribution in [0.2, 0.25) is 0 Å². The van der Waals surface area contributed by atoms with Crippen molar-refractivity contribution in [2.24, 2.45) is 0 Å². The van der Waals surface area contributed by atoms with Crippen molar-refractivity contribution in [3.63, 3.8) is 0 Å². The molecule has 0 amide bonds. The number of alkyl halides is 1. The minimum absolute atomic E-state index is 0.352. The lowest BCUT2D eigenvalue weighted by atomic mass is 10.1. The lowest BCUT2D eigenvalue weighted by molar-refractivity contribution is 0.0442. The lowest BCUT2D eigenvalue weighted by Crippen LogP contribution is -2.13. The molecule has 0 spiro atoms. The summed E-state index contributed by atoms with van der Waals surface area (Å²) >= 11 is 5.75. The summed E-state index contributed by atoms with van der Waals surface area (Å²) in [7, 11) is 0. The van der Waals surface area contributed by atoms with Crippen molar-refractivity contribution in [1.82, 2.24) is 0 Å². The van der Waals surface area contributed by atoms with Crippen molar-refractivity contribution >= 4 is 17.6 Å². The maximum atomic E-state index is 11.6. The molecule has 1 unspecified atom stereocenters. The Balaban J connectivity index is 2.82. The smallest absolute Gasteiger partial charge is 0.339 e. The molecule has 82 valence electrons.